The van der Waals surface area contributed by atoms with Gasteiger partial charge in [0, 0.05) is 10.6 Å². The lowest BCUT2D eigenvalue weighted by molar-refractivity contribution is -0.126. The second-order valence-corrected chi connectivity index (χ2v) is 5.30. The van der Waals surface area contributed by atoms with Crippen molar-refractivity contribution in [3.05, 3.63) is 70.5 Å². The van der Waals surface area contributed by atoms with E-state index < -0.39 is 6.04 Å². The summed E-state index contributed by atoms with van der Waals surface area (Å²) in [7, 11) is 0. The van der Waals surface area contributed by atoms with Gasteiger partial charge in [-0.25, -0.2) is 4.39 Å². The van der Waals surface area contributed by atoms with E-state index >= 15 is 0 Å². The molecule has 2 aromatic rings. The van der Waals surface area contributed by atoms with Gasteiger partial charge < -0.3 is 10.1 Å². The van der Waals surface area contributed by atoms with Crippen LogP contribution in [0.1, 0.15) is 24.1 Å². The third-order valence-electron chi connectivity index (χ3n) is 3.20. The Morgan fingerprint density at radius 3 is 2.64 bits per heavy atom. The first-order valence-corrected chi connectivity index (χ1v) is 7.30. The molecule has 0 spiro atoms. The van der Waals surface area contributed by atoms with Gasteiger partial charge in [-0.1, -0.05) is 48.0 Å². The van der Waals surface area contributed by atoms with E-state index in [4.69, 9.17) is 16.3 Å². The number of hydrogen-bond acceptors (Lipinski definition) is 2. The first-order chi connectivity index (χ1) is 10.6. The van der Waals surface area contributed by atoms with Crippen LogP contribution in [0.3, 0.4) is 0 Å². The van der Waals surface area contributed by atoms with Crippen molar-refractivity contribution < 1.29 is 13.9 Å². The van der Waals surface area contributed by atoms with Gasteiger partial charge in [0.1, 0.15) is 12.4 Å². The van der Waals surface area contributed by atoms with E-state index in [1.807, 2.05) is 18.2 Å². The second kappa shape index (κ2) is 7.92. The summed E-state index contributed by atoms with van der Waals surface area (Å²) in [5.41, 5.74) is 1.26. The zero-order valence-corrected chi connectivity index (χ0v) is 12.9. The summed E-state index contributed by atoms with van der Waals surface area (Å²) in [6.45, 7) is 1.87. The van der Waals surface area contributed by atoms with Crippen molar-refractivity contribution in [3.8, 4) is 0 Å². The van der Waals surface area contributed by atoms with Gasteiger partial charge in [0.25, 0.3) is 0 Å². The van der Waals surface area contributed by atoms with Crippen molar-refractivity contribution in [3.63, 3.8) is 0 Å². The molecule has 0 fully saturated rings. The van der Waals surface area contributed by atoms with Crippen molar-refractivity contribution in [1.82, 2.24) is 5.32 Å². The molecular weight excluding hydrogens is 305 g/mol. The van der Waals surface area contributed by atoms with Crippen LogP contribution in [0.25, 0.3) is 0 Å². The van der Waals surface area contributed by atoms with Crippen LogP contribution in [0.15, 0.2) is 48.5 Å². The Morgan fingerprint density at radius 1 is 1.23 bits per heavy atom. The highest BCUT2D eigenvalue weighted by Gasteiger charge is 2.13. The Bertz CT molecular complexity index is 648. The molecule has 0 saturated carbocycles. The number of ether oxygens (including phenoxy) is 1. The van der Waals surface area contributed by atoms with Crippen LogP contribution >= 0.6 is 11.6 Å². The number of halogens is 2. The maximum Gasteiger partial charge on any atom is 0.246 e. The monoisotopic (exact) mass is 321 g/mol. The molecule has 1 amide bonds. The summed E-state index contributed by atoms with van der Waals surface area (Å²) in [4.78, 5) is 11.8. The molecule has 116 valence electrons. The summed E-state index contributed by atoms with van der Waals surface area (Å²) in [6.07, 6.45) is 0. The number of hydrogen-bond donors (Lipinski definition) is 1. The lowest BCUT2D eigenvalue weighted by Gasteiger charge is -2.15. The Kier molecular flexibility index (Phi) is 5.92. The van der Waals surface area contributed by atoms with E-state index in [0.717, 1.165) is 5.56 Å². The van der Waals surface area contributed by atoms with E-state index in [9.17, 15) is 9.18 Å². The third kappa shape index (κ3) is 4.55. The van der Waals surface area contributed by atoms with Gasteiger partial charge in [-0.3, -0.25) is 4.79 Å². The molecule has 0 heterocycles. The molecule has 0 aromatic heterocycles. The Morgan fingerprint density at radius 2 is 1.91 bits per heavy atom. The van der Waals surface area contributed by atoms with Gasteiger partial charge in [-0.2, -0.15) is 0 Å². The molecule has 0 bridgehead atoms. The molecule has 2 rings (SSSR count). The van der Waals surface area contributed by atoms with E-state index in [1.54, 1.807) is 31.2 Å². The normalized spacial score (nSPS) is 12.0. The molecule has 1 N–H and O–H groups in total. The van der Waals surface area contributed by atoms with Gasteiger partial charge in [0.05, 0.1) is 12.6 Å². The quantitative estimate of drug-likeness (QED) is 0.877. The fourth-order valence-electron chi connectivity index (χ4n) is 2.06. The molecular formula is C17H17ClFNO2. The standard InChI is InChI=1S/C17H17ClFNO2/c1-12(14-7-3-5-9-16(14)19)20-17(21)11-22-10-13-6-2-4-8-15(13)18/h2-9,12H,10-11H2,1H3,(H,20,21)/t12-/m0/s1. The number of benzene rings is 2. The molecule has 0 aliphatic rings. The maximum absolute atomic E-state index is 13.6. The first kappa shape index (κ1) is 16.5. The van der Waals surface area contributed by atoms with Crippen LogP contribution in [0.5, 0.6) is 0 Å². The van der Waals surface area contributed by atoms with E-state index in [0.29, 0.717) is 10.6 Å². The number of carbonyl (C=O) groups excluding carboxylic acids is 1. The SMILES string of the molecule is C[C@H](NC(=O)COCc1ccccc1Cl)c1ccccc1F. The minimum absolute atomic E-state index is 0.107. The third-order valence-corrected chi connectivity index (χ3v) is 3.57. The average Bonchev–Trinajstić information content (AvgIpc) is 2.49. The Labute approximate surface area is 134 Å². The summed E-state index contributed by atoms with van der Waals surface area (Å²) >= 11 is 6.00. The lowest BCUT2D eigenvalue weighted by atomic mass is 10.1. The van der Waals surface area contributed by atoms with Crippen molar-refractivity contribution >= 4 is 17.5 Å². The van der Waals surface area contributed by atoms with Gasteiger partial charge in [-0.15, -0.1) is 0 Å². The summed E-state index contributed by atoms with van der Waals surface area (Å²) < 4.78 is 19.0. The zero-order chi connectivity index (χ0) is 15.9. The highest BCUT2D eigenvalue weighted by Crippen LogP contribution is 2.17. The average molecular weight is 322 g/mol. The topological polar surface area (TPSA) is 38.3 Å². The van der Waals surface area contributed by atoms with Crippen LogP contribution in [0.2, 0.25) is 5.02 Å². The largest absolute Gasteiger partial charge is 0.367 e. The van der Waals surface area contributed by atoms with Gasteiger partial charge in [-0.05, 0) is 24.6 Å². The van der Waals surface area contributed by atoms with Gasteiger partial charge in [0.15, 0.2) is 0 Å². The van der Waals surface area contributed by atoms with Crippen molar-refractivity contribution in [2.75, 3.05) is 6.61 Å². The van der Waals surface area contributed by atoms with Crippen LogP contribution < -0.4 is 5.32 Å². The minimum Gasteiger partial charge on any atom is -0.367 e. The van der Waals surface area contributed by atoms with Crippen LogP contribution in [-0.2, 0) is 16.1 Å². The summed E-state index contributed by atoms with van der Waals surface area (Å²) in [5.74, 6) is -0.643. The predicted molar refractivity (Wildman–Crippen MR) is 84.1 cm³/mol. The molecule has 2 aromatic carbocycles. The molecule has 0 aliphatic carbocycles. The molecule has 0 aliphatic heterocycles. The predicted octanol–water partition coefficient (Wildman–Crippen LogP) is 3.87. The molecule has 22 heavy (non-hydrogen) atoms. The highest BCUT2D eigenvalue weighted by molar-refractivity contribution is 6.31. The fourth-order valence-corrected chi connectivity index (χ4v) is 2.25. The zero-order valence-electron chi connectivity index (χ0n) is 12.2. The van der Waals surface area contributed by atoms with E-state index in [2.05, 4.69) is 5.32 Å². The highest BCUT2D eigenvalue weighted by atomic mass is 35.5. The molecule has 0 unspecified atom stereocenters. The number of nitrogens with one attached hydrogen (secondary N) is 1. The second-order valence-electron chi connectivity index (χ2n) is 4.89. The van der Waals surface area contributed by atoms with E-state index in [-0.39, 0.29) is 24.9 Å². The summed E-state index contributed by atoms with van der Waals surface area (Å²) in [5, 5.41) is 3.30. The Hall–Kier alpha value is -1.91. The van der Waals surface area contributed by atoms with Crippen molar-refractivity contribution in [2.24, 2.45) is 0 Å². The Balaban J connectivity index is 1.81. The van der Waals surface area contributed by atoms with Crippen LogP contribution in [0, 0.1) is 5.82 Å². The molecule has 5 heteroatoms. The smallest absolute Gasteiger partial charge is 0.246 e. The minimum atomic E-state index is -0.419. The first-order valence-electron chi connectivity index (χ1n) is 6.93. The van der Waals surface area contributed by atoms with Crippen molar-refractivity contribution in [1.29, 1.82) is 0 Å². The van der Waals surface area contributed by atoms with Crippen molar-refractivity contribution in [2.45, 2.75) is 19.6 Å². The number of rotatable bonds is 6. The molecule has 1 atom stereocenters. The van der Waals surface area contributed by atoms with Crippen LogP contribution in [-0.4, -0.2) is 12.5 Å². The molecule has 0 saturated heterocycles. The lowest BCUT2D eigenvalue weighted by Crippen LogP contribution is -2.30. The van der Waals surface area contributed by atoms with E-state index in [1.165, 1.54) is 6.07 Å². The number of carbonyl (C=O) groups is 1. The summed E-state index contributed by atoms with van der Waals surface area (Å²) in [6, 6.07) is 13.2. The molecule has 0 radical (unpaired) electrons. The fraction of sp³-hybridized carbons (Fsp3) is 0.235. The van der Waals surface area contributed by atoms with Crippen LogP contribution in [0.4, 0.5) is 4.39 Å². The number of amides is 1. The van der Waals surface area contributed by atoms with Gasteiger partial charge in [0.2, 0.25) is 5.91 Å². The molecule has 3 nitrogen and oxygen atoms in total. The maximum atomic E-state index is 13.6. The van der Waals surface area contributed by atoms with Gasteiger partial charge >= 0.3 is 0 Å².